The van der Waals surface area contributed by atoms with E-state index in [0.717, 1.165) is 16.9 Å². The quantitative estimate of drug-likeness (QED) is 0.285. The van der Waals surface area contributed by atoms with E-state index in [1.807, 2.05) is 61.5 Å². The number of pyridine rings is 1. The summed E-state index contributed by atoms with van der Waals surface area (Å²) >= 11 is 0. The number of aromatic amines is 1. The number of Topliss-reactive ketones (excluding diaryl/α,β-unsaturated/α-hetero) is 1. The van der Waals surface area contributed by atoms with Crippen LogP contribution in [0.4, 0.5) is 0 Å². The minimum absolute atomic E-state index is 0.0723. The molecule has 1 aromatic heterocycles. The number of nitrogens with one attached hydrogen (secondary N) is 1. The van der Waals surface area contributed by atoms with Gasteiger partial charge in [0.15, 0.2) is 0 Å². The van der Waals surface area contributed by atoms with E-state index in [1.165, 1.54) is 12.3 Å². The van der Waals surface area contributed by atoms with Gasteiger partial charge >= 0.3 is 0 Å². The Morgan fingerprint density at radius 3 is 2.47 bits per heavy atom. The van der Waals surface area contributed by atoms with Crippen molar-refractivity contribution in [1.29, 1.82) is 0 Å². The van der Waals surface area contributed by atoms with Gasteiger partial charge in [0.1, 0.15) is 18.1 Å². The van der Waals surface area contributed by atoms with Gasteiger partial charge < -0.3 is 14.5 Å². The predicted octanol–water partition coefficient (Wildman–Crippen LogP) is 5.00. The number of aromatic nitrogens is 1. The Hall–Kier alpha value is -4.19. The first-order valence-electron chi connectivity index (χ1n) is 11.1. The molecule has 4 aromatic rings. The fourth-order valence-corrected chi connectivity index (χ4v) is 3.72. The van der Waals surface area contributed by atoms with Crippen molar-refractivity contribution in [2.24, 2.45) is 4.99 Å². The molecule has 0 spiro atoms. The van der Waals surface area contributed by atoms with Gasteiger partial charge in [-0.15, -0.1) is 0 Å². The largest absolute Gasteiger partial charge is 0.497 e. The van der Waals surface area contributed by atoms with Crippen molar-refractivity contribution >= 4 is 22.9 Å². The maximum absolute atomic E-state index is 13.0. The first-order valence-corrected chi connectivity index (χ1v) is 11.1. The Balaban J connectivity index is 1.52. The molecule has 172 valence electrons. The molecule has 0 aliphatic carbocycles. The molecule has 3 aromatic carbocycles. The molecule has 0 saturated carbocycles. The van der Waals surface area contributed by atoms with Gasteiger partial charge in [-0.05, 0) is 54.8 Å². The molecule has 1 atom stereocenters. The maximum Gasteiger partial charge on any atom is 0.248 e. The SMILES string of the molecule is COc1ccc(CC(C)/N=C\C(=O)c2ccc(OCc3ccccc3)c3[nH]c(=O)ccc23)cc1. The lowest BCUT2D eigenvalue weighted by Crippen LogP contribution is -2.10. The number of carbonyl (C=O) groups excluding carboxylic acids is 1. The van der Waals surface area contributed by atoms with E-state index < -0.39 is 0 Å². The third-order valence-electron chi connectivity index (χ3n) is 5.50. The molecule has 0 amide bonds. The smallest absolute Gasteiger partial charge is 0.248 e. The third-order valence-corrected chi connectivity index (χ3v) is 5.50. The number of hydrogen-bond acceptors (Lipinski definition) is 5. The number of rotatable bonds is 9. The van der Waals surface area contributed by atoms with E-state index in [2.05, 4.69) is 9.98 Å². The number of H-pyrrole nitrogens is 1. The van der Waals surface area contributed by atoms with Crippen molar-refractivity contribution in [3.8, 4) is 11.5 Å². The minimum Gasteiger partial charge on any atom is -0.497 e. The van der Waals surface area contributed by atoms with Gasteiger partial charge in [0, 0.05) is 17.0 Å². The monoisotopic (exact) mass is 454 g/mol. The predicted molar refractivity (Wildman–Crippen MR) is 134 cm³/mol. The van der Waals surface area contributed by atoms with Gasteiger partial charge in [-0.2, -0.15) is 0 Å². The number of hydrogen-bond donors (Lipinski definition) is 1. The maximum atomic E-state index is 13.0. The average molecular weight is 455 g/mol. The van der Waals surface area contributed by atoms with Crippen LogP contribution in [-0.4, -0.2) is 30.1 Å². The van der Waals surface area contributed by atoms with Crippen LogP contribution in [-0.2, 0) is 13.0 Å². The summed E-state index contributed by atoms with van der Waals surface area (Å²) in [6.07, 6.45) is 2.06. The van der Waals surface area contributed by atoms with Gasteiger partial charge in [0.2, 0.25) is 11.3 Å². The van der Waals surface area contributed by atoms with Crippen LogP contribution >= 0.6 is 0 Å². The standard InChI is InChI=1S/C28H26N2O4/c1-19(16-20-8-10-22(33-2)11-9-20)29-17-25(31)23-12-14-26(28-24(23)13-15-27(32)30-28)34-18-21-6-4-3-5-7-21/h3-15,17,19H,16,18H2,1-2H3,(H,30,32)/b29-17-. The number of nitrogens with zero attached hydrogens (tertiary/aromatic N) is 1. The summed E-state index contributed by atoms with van der Waals surface area (Å²) in [4.78, 5) is 32.2. The van der Waals surface area contributed by atoms with E-state index >= 15 is 0 Å². The van der Waals surface area contributed by atoms with Crippen LogP contribution in [0, 0.1) is 0 Å². The molecule has 6 nitrogen and oxygen atoms in total. The number of benzene rings is 3. The first-order chi connectivity index (χ1) is 16.5. The van der Waals surface area contributed by atoms with Crippen molar-refractivity contribution in [2.75, 3.05) is 7.11 Å². The Kier molecular flexibility index (Phi) is 7.18. The lowest BCUT2D eigenvalue weighted by atomic mass is 10.0. The Morgan fingerprint density at radius 1 is 0.971 bits per heavy atom. The summed E-state index contributed by atoms with van der Waals surface area (Å²) < 4.78 is 11.1. The number of methoxy groups -OCH3 is 1. The van der Waals surface area contributed by atoms with Crippen LogP contribution in [0.5, 0.6) is 11.5 Å². The fraction of sp³-hybridized carbons (Fsp3) is 0.179. The molecule has 6 heteroatoms. The third kappa shape index (κ3) is 5.59. The molecule has 34 heavy (non-hydrogen) atoms. The Labute approximate surface area is 197 Å². The highest BCUT2D eigenvalue weighted by molar-refractivity contribution is 6.38. The van der Waals surface area contributed by atoms with Crippen molar-refractivity contribution in [2.45, 2.75) is 26.0 Å². The summed E-state index contributed by atoms with van der Waals surface area (Å²) in [7, 11) is 1.63. The molecule has 0 radical (unpaired) electrons. The molecular weight excluding hydrogens is 428 g/mol. The molecule has 4 rings (SSSR count). The van der Waals surface area contributed by atoms with Crippen LogP contribution in [0.25, 0.3) is 10.9 Å². The average Bonchev–Trinajstić information content (AvgIpc) is 2.87. The number of aliphatic imine (C=N–C) groups is 1. The summed E-state index contributed by atoms with van der Waals surface area (Å²) in [6.45, 7) is 2.31. The minimum atomic E-state index is -0.261. The van der Waals surface area contributed by atoms with Gasteiger partial charge in [0.05, 0.1) is 24.9 Å². The van der Waals surface area contributed by atoms with Crippen LogP contribution in [0.15, 0.2) is 88.6 Å². The van der Waals surface area contributed by atoms with Crippen LogP contribution in [0.3, 0.4) is 0 Å². The van der Waals surface area contributed by atoms with Crippen LogP contribution < -0.4 is 15.0 Å². The normalized spacial score (nSPS) is 12.1. The van der Waals surface area contributed by atoms with Gasteiger partial charge in [-0.25, -0.2) is 0 Å². The molecule has 0 fully saturated rings. The highest BCUT2D eigenvalue weighted by atomic mass is 16.5. The van der Waals surface area contributed by atoms with E-state index in [4.69, 9.17) is 9.47 Å². The number of ether oxygens (including phenoxy) is 2. The van der Waals surface area contributed by atoms with E-state index in [0.29, 0.717) is 35.2 Å². The van der Waals surface area contributed by atoms with E-state index in [9.17, 15) is 9.59 Å². The highest BCUT2D eigenvalue weighted by Gasteiger charge is 2.14. The second-order valence-electron chi connectivity index (χ2n) is 8.04. The van der Waals surface area contributed by atoms with Crippen molar-refractivity contribution in [1.82, 2.24) is 4.98 Å². The van der Waals surface area contributed by atoms with Crippen LogP contribution in [0.2, 0.25) is 0 Å². The van der Waals surface area contributed by atoms with Crippen molar-refractivity contribution in [3.05, 3.63) is 106 Å². The van der Waals surface area contributed by atoms with Crippen molar-refractivity contribution < 1.29 is 14.3 Å². The second kappa shape index (κ2) is 10.6. The number of ketones is 1. The van der Waals surface area contributed by atoms with E-state index in [1.54, 1.807) is 25.3 Å². The molecule has 1 heterocycles. The zero-order valence-corrected chi connectivity index (χ0v) is 19.2. The first kappa shape index (κ1) is 23.0. The molecule has 1 N–H and O–H groups in total. The van der Waals surface area contributed by atoms with Crippen molar-refractivity contribution in [3.63, 3.8) is 0 Å². The number of fused-ring (bicyclic) bond motifs is 1. The van der Waals surface area contributed by atoms with Gasteiger partial charge in [-0.3, -0.25) is 14.6 Å². The second-order valence-corrected chi connectivity index (χ2v) is 8.04. The summed E-state index contributed by atoms with van der Waals surface area (Å²) in [5.41, 5.74) is 2.81. The van der Waals surface area contributed by atoms with Gasteiger partial charge in [0.25, 0.3) is 0 Å². The lowest BCUT2D eigenvalue weighted by Gasteiger charge is -2.11. The zero-order valence-electron chi connectivity index (χ0n) is 19.2. The van der Waals surface area contributed by atoms with Crippen LogP contribution in [0.1, 0.15) is 28.4 Å². The topological polar surface area (TPSA) is 80.8 Å². The molecule has 0 aliphatic heterocycles. The molecule has 1 unspecified atom stereocenters. The Bertz CT molecular complexity index is 1360. The molecule has 0 saturated heterocycles. The Morgan fingerprint density at radius 2 is 1.74 bits per heavy atom. The molecule has 0 bridgehead atoms. The number of carbonyl (C=O) groups is 1. The summed E-state index contributed by atoms with van der Waals surface area (Å²) in [5.74, 6) is 1.09. The van der Waals surface area contributed by atoms with Gasteiger partial charge in [-0.1, -0.05) is 42.5 Å². The zero-order chi connectivity index (χ0) is 23.9. The fourth-order valence-electron chi connectivity index (χ4n) is 3.72. The summed E-state index contributed by atoms with van der Waals surface area (Å²) in [5, 5.41) is 0.615. The molecule has 0 aliphatic rings. The summed E-state index contributed by atoms with van der Waals surface area (Å²) in [6, 6.07) is 23.9. The van der Waals surface area contributed by atoms with E-state index in [-0.39, 0.29) is 17.4 Å². The highest BCUT2D eigenvalue weighted by Crippen LogP contribution is 2.27. The lowest BCUT2D eigenvalue weighted by molar-refractivity contribution is 0.107. The molecular formula is C28H26N2O4.